The molecule has 1 aliphatic heterocycles. The van der Waals surface area contributed by atoms with Crippen molar-refractivity contribution in [3.05, 3.63) is 35.9 Å². The molecular weight excluding hydrogens is 196 g/mol. The second-order valence-corrected chi connectivity index (χ2v) is 3.15. The Hall–Kier alpha value is -2.17. The fourth-order valence-corrected chi connectivity index (χ4v) is 1.47. The molecule has 0 saturated carbocycles. The molecule has 0 unspecified atom stereocenters. The van der Waals surface area contributed by atoms with Gasteiger partial charge in [0.1, 0.15) is 5.92 Å². The summed E-state index contributed by atoms with van der Waals surface area (Å²) in [7, 11) is 0. The predicted molar refractivity (Wildman–Crippen MR) is 50.9 cm³/mol. The average molecular weight is 204 g/mol. The maximum absolute atomic E-state index is 11.4. The molecule has 0 spiro atoms. The Morgan fingerprint density at radius 1 is 0.867 bits per heavy atom. The van der Waals surface area contributed by atoms with Gasteiger partial charge in [0, 0.05) is 0 Å². The molecule has 0 aliphatic carbocycles. The molecule has 5 heteroatoms. The molecule has 4 amide bonds. The highest BCUT2D eigenvalue weighted by molar-refractivity contribution is 6.19. The van der Waals surface area contributed by atoms with Crippen molar-refractivity contribution in [1.82, 2.24) is 10.6 Å². The lowest BCUT2D eigenvalue weighted by Crippen LogP contribution is -2.54. The molecule has 0 aromatic heterocycles. The number of hydrogen-bond donors (Lipinski definition) is 2. The van der Waals surface area contributed by atoms with Gasteiger partial charge in [-0.15, -0.1) is 0 Å². The van der Waals surface area contributed by atoms with E-state index in [1.165, 1.54) is 0 Å². The fourth-order valence-electron chi connectivity index (χ4n) is 1.47. The number of benzene rings is 1. The number of rotatable bonds is 1. The Morgan fingerprint density at radius 2 is 1.40 bits per heavy atom. The molecule has 1 fully saturated rings. The molecule has 76 valence electrons. The highest BCUT2D eigenvalue weighted by atomic mass is 16.2. The Labute approximate surface area is 85.5 Å². The van der Waals surface area contributed by atoms with Crippen molar-refractivity contribution in [2.75, 3.05) is 0 Å². The number of amides is 4. The lowest BCUT2D eigenvalue weighted by atomic mass is 9.96. The van der Waals surface area contributed by atoms with Crippen LogP contribution in [0.15, 0.2) is 30.3 Å². The first-order chi connectivity index (χ1) is 7.18. The first-order valence-electron chi connectivity index (χ1n) is 4.39. The summed E-state index contributed by atoms with van der Waals surface area (Å²) in [5, 5.41) is 4.10. The van der Waals surface area contributed by atoms with Gasteiger partial charge in [-0.05, 0) is 5.56 Å². The third kappa shape index (κ3) is 1.71. The molecule has 2 N–H and O–H groups in total. The van der Waals surface area contributed by atoms with Gasteiger partial charge >= 0.3 is 6.03 Å². The topological polar surface area (TPSA) is 75.3 Å². The molecule has 1 aromatic rings. The molecule has 1 saturated heterocycles. The van der Waals surface area contributed by atoms with Gasteiger partial charge in [0.2, 0.25) is 11.8 Å². The normalized spacial score (nSPS) is 17.2. The summed E-state index contributed by atoms with van der Waals surface area (Å²) in [6, 6.07) is 7.81. The van der Waals surface area contributed by atoms with Crippen LogP contribution >= 0.6 is 0 Å². The highest BCUT2D eigenvalue weighted by Gasteiger charge is 2.34. The summed E-state index contributed by atoms with van der Waals surface area (Å²) in [5.41, 5.74) is 0.569. The molecular formula is C10H8N2O3. The minimum atomic E-state index is -0.941. The zero-order valence-electron chi connectivity index (χ0n) is 7.69. The SMILES string of the molecule is O=C1NC(=O)C(c2ccccc2)C(=O)N1. The quantitative estimate of drug-likeness (QED) is 0.639. The molecule has 1 heterocycles. The van der Waals surface area contributed by atoms with E-state index in [0.29, 0.717) is 5.56 Å². The molecule has 2 rings (SSSR count). The minimum Gasteiger partial charge on any atom is -0.277 e. The summed E-state index contributed by atoms with van der Waals surface area (Å²) in [5.74, 6) is -2.12. The van der Waals surface area contributed by atoms with Crippen LogP contribution in [-0.4, -0.2) is 17.8 Å². The van der Waals surface area contributed by atoms with Gasteiger partial charge in [0.25, 0.3) is 0 Å². The second-order valence-electron chi connectivity index (χ2n) is 3.15. The lowest BCUT2D eigenvalue weighted by Gasteiger charge is -2.20. The summed E-state index contributed by atoms with van der Waals surface area (Å²) < 4.78 is 0. The summed E-state index contributed by atoms with van der Waals surface area (Å²) in [6.45, 7) is 0. The number of hydrogen-bond acceptors (Lipinski definition) is 3. The standard InChI is InChI=1S/C10H8N2O3/c13-8-7(6-4-2-1-3-5-6)9(14)12-10(15)11-8/h1-5,7H,(H2,11,12,13,14,15). The van der Waals surface area contributed by atoms with E-state index < -0.39 is 23.8 Å². The molecule has 1 aromatic carbocycles. The van der Waals surface area contributed by atoms with Gasteiger partial charge in [-0.3, -0.25) is 20.2 Å². The van der Waals surface area contributed by atoms with E-state index in [0.717, 1.165) is 0 Å². The van der Waals surface area contributed by atoms with Crippen molar-refractivity contribution in [3.8, 4) is 0 Å². The molecule has 0 bridgehead atoms. The first kappa shape index (κ1) is 9.39. The average Bonchev–Trinajstić information content (AvgIpc) is 2.17. The van der Waals surface area contributed by atoms with E-state index in [-0.39, 0.29) is 0 Å². The molecule has 5 nitrogen and oxygen atoms in total. The second kappa shape index (κ2) is 3.53. The zero-order chi connectivity index (χ0) is 10.8. The number of nitrogens with one attached hydrogen (secondary N) is 2. The van der Waals surface area contributed by atoms with Crippen molar-refractivity contribution in [1.29, 1.82) is 0 Å². The largest absolute Gasteiger partial charge is 0.328 e. The summed E-state index contributed by atoms with van der Waals surface area (Å²) in [4.78, 5) is 33.6. The smallest absolute Gasteiger partial charge is 0.277 e. The van der Waals surface area contributed by atoms with Crippen LogP contribution < -0.4 is 10.6 Å². The van der Waals surface area contributed by atoms with Gasteiger partial charge in [0.15, 0.2) is 0 Å². The molecule has 0 atom stereocenters. The van der Waals surface area contributed by atoms with Crippen LogP contribution in [0.5, 0.6) is 0 Å². The third-order valence-electron chi connectivity index (χ3n) is 2.13. The van der Waals surface area contributed by atoms with Gasteiger partial charge in [-0.1, -0.05) is 30.3 Å². The van der Waals surface area contributed by atoms with E-state index in [1.54, 1.807) is 30.3 Å². The maximum Gasteiger partial charge on any atom is 0.328 e. The predicted octanol–water partition coefficient (Wildman–Crippen LogP) is 0.136. The van der Waals surface area contributed by atoms with Crippen molar-refractivity contribution < 1.29 is 14.4 Å². The summed E-state index contributed by atoms with van der Waals surface area (Å²) in [6.07, 6.45) is 0. The van der Waals surface area contributed by atoms with E-state index in [2.05, 4.69) is 0 Å². The Balaban J connectivity index is 2.33. The van der Waals surface area contributed by atoms with Gasteiger partial charge in [-0.25, -0.2) is 4.79 Å². The van der Waals surface area contributed by atoms with E-state index in [1.807, 2.05) is 10.6 Å². The van der Waals surface area contributed by atoms with Crippen LogP contribution in [0.4, 0.5) is 4.79 Å². The van der Waals surface area contributed by atoms with Gasteiger partial charge < -0.3 is 0 Å². The van der Waals surface area contributed by atoms with Crippen LogP contribution in [0.1, 0.15) is 11.5 Å². The Morgan fingerprint density at radius 3 is 1.93 bits per heavy atom. The van der Waals surface area contributed by atoms with E-state index in [4.69, 9.17) is 0 Å². The first-order valence-corrected chi connectivity index (χ1v) is 4.39. The molecule has 0 radical (unpaired) electrons. The maximum atomic E-state index is 11.4. The highest BCUT2D eigenvalue weighted by Crippen LogP contribution is 2.17. The number of imide groups is 2. The van der Waals surface area contributed by atoms with Crippen molar-refractivity contribution in [3.63, 3.8) is 0 Å². The van der Waals surface area contributed by atoms with E-state index in [9.17, 15) is 14.4 Å². The zero-order valence-corrected chi connectivity index (χ0v) is 7.69. The van der Waals surface area contributed by atoms with Crippen LogP contribution in [-0.2, 0) is 9.59 Å². The monoisotopic (exact) mass is 204 g/mol. The van der Waals surface area contributed by atoms with Crippen LogP contribution in [0.25, 0.3) is 0 Å². The Kier molecular flexibility index (Phi) is 2.21. The number of barbiturate groups is 1. The van der Waals surface area contributed by atoms with Crippen molar-refractivity contribution in [2.45, 2.75) is 5.92 Å². The van der Waals surface area contributed by atoms with Gasteiger partial charge in [-0.2, -0.15) is 0 Å². The van der Waals surface area contributed by atoms with Crippen molar-refractivity contribution >= 4 is 17.8 Å². The third-order valence-corrected chi connectivity index (χ3v) is 2.13. The fraction of sp³-hybridized carbons (Fsp3) is 0.100. The molecule has 15 heavy (non-hydrogen) atoms. The molecule has 1 aliphatic rings. The number of carbonyl (C=O) groups is 3. The lowest BCUT2D eigenvalue weighted by molar-refractivity contribution is -0.132. The minimum absolute atomic E-state index is 0.569. The van der Waals surface area contributed by atoms with Gasteiger partial charge in [0.05, 0.1) is 0 Å². The van der Waals surface area contributed by atoms with Crippen molar-refractivity contribution in [2.24, 2.45) is 0 Å². The van der Waals surface area contributed by atoms with Crippen LogP contribution in [0, 0.1) is 0 Å². The van der Waals surface area contributed by atoms with E-state index >= 15 is 0 Å². The number of urea groups is 1. The number of carbonyl (C=O) groups excluding carboxylic acids is 3. The van der Waals surface area contributed by atoms with Crippen LogP contribution in [0.2, 0.25) is 0 Å². The Bertz CT molecular complexity index is 408. The summed E-state index contributed by atoms with van der Waals surface area (Å²) >= 11 is 0. The van der Waals surface area contributed by atoms with Crippen LogP contribution in [0.3, 0.4) is 0 Å².